The zero-order chi connectivity index (χ0) is 10.4. The minimum atomic E-state index is 0.323. The highest BCUT2D eigenvalue weighted by Gasteiger charge is 2.26. The molecule has 0 aromatic carbocycles. The largest absolute Gasteiger partial charge is 0.308 e. The Kier molecular flexibility index (Phi) is 4.67. The van der Waals surface area contributed by atoms with Gasteiger partial charge in [-0.3, -0.25) is 0 Å². The van der Waals surface area contributed by atoms with E-state index < -0.39 is 0 Å². The molecule has 1 N–H and O–H groups in total. The molecule has 1 saturated heterocycles. The van der Waals surface area contributed by atoms with E-state index in [1.54, 1.807) is 0 Å². The van der Waals surface area contributed by atoms with E-state index in [1.165, 1.54) is 50.6 Å². The van der Waals surface area contributed by atoms with E-state index in [0.29, 0.717) is 5.54 Å². The molecule has 1 aliphatic rings. The molecule has 0 radical (unpaired) electrons. The standard InChI is InChI=1S/C13H25N/c1-4-8-13(11-12(2)3)9-6-5-7-10-14-13/h11,14H,4-10H2,1-3H3. The second-order valence-electron chi connectivity index (χ2n) is 4.87. The molecule has 0 saturated carbocycles. The lowest BCUT2D eigenvalue weighted by atomic mass is 9.87. The number of hydrogen-bond acceptors (Lipinski definition) is 1. The van der Waals surface area contributed by atoms with Gasteiger partial charge in [-0.1, -0.05) is 37.8 Å². The minimum absolute atomic E-state index is 0.323. The molecule has 0 spiro atoms. The summed E-state index contributed by atoms with van der Waals surface area (Å²) in [5.74, 6) is 0. The molecule has 1 unspecified atom stereocenters. The summed E-state index contributed by atoms with van der Waals surface area (Å²) >= 11 is 0. The van der Waals surface area contributed by atoms with Gasteiger partial charge in [0.15, 0.2) is 0 Å². The lowest BCUT2D eigenvalue weighted by Gasteiger charge is -2.31. The van der Waals surface area contributed by atoms with Crippen LogP contribution in [0.15, 0.2) is 11.6 Å². The van der Waals surface area contributed by atoms with Gasteiger partial charge in [-0.15, -0.1) is 0 Å². The molecule has 0 aromatic heterocycles. The van der Waals surface area contributed by atoms with Gasteiger partial charge in [0.2, 0.25) is 0 Å². The van der Waals surface area contributed by atoms with Gasteiger partial charge < -0.3 is 5.32 Å². The monoisotopic (exact) mass is 195 g/mol. The molecule has 1 atom stereocenters. The van der Waals surface area contributed by atoms with E-state index in [9.17, 15) is 0 Å². The van der Waals surface area contributed by atoms with Crippen LogP contribution in [0.5, 0.6) is 0 Å². The summed E-state index contributed by atoms with van der Waals surface area (Å²) in [6.07, 6.45) is 10.5. The van der Waals surface area contributed by atoms with Gasteiger partial charge in [-0.25, -0.2) is 0 Å². The van der Waals surface area contributed by atoms with Gasteiger partial charge in [-0.05, 0) is 39.7 Å². The third-order valence-electron chi connectivity index (χ3n) is 3.04. The number of rotatable bonds is 3. The average Bonchev–Trinajstić information content (AvgIpc) is 2.30. The van der Waals surface area contributed by atoms with E-state index in [4.69, 9.17) is 0 Å². The minimum Gasteiger partial charge on any atom is -0.308 e. The summed E-state index contributed by atoms with van der Waals surface area (Å²) < 4.78 is 0. The van der Waals surface area contributed by atoms with E-state index in [-0.39, 0.29) is 0 Å². The van der Waals surface area contributed by atoms with Crippen LogP contribution < -0.4 is 5.32 Å². The smallest absolute Gasteiger partial charge is 0.0366 e. The molecule has 1 fully saturated rings. The van der Waals surface area contributed by atoms with Crippen LogP contribution in [0.4, 0.5) is 0 Å². The summed E-state index contributed by atoms with van der Waals surface area (Å²) in [6, 6.07) is 0. The van der Waals surface area contributed by atoms with Crippen molar-refractivity contribution >= 4 is 0 Å². The van der Waals surface area contributed by atoms with Crippen LogP contribution in [0.25, 0.3) is 0 Å². The average molecular weight is 195 g/mol. The topological polar surface area (TPSA) is 12.0 Å². The molecular weight excluding hydrogens is 170 g/mol. The molecule has 0 bridgehead atoms. The predicted molar refractivity (Wildman–Crippen MR) is 63.5 cm³/mol. The second-order valence-corrected chi connectivity index (χ2v) is 4.87. The Labute approximate surface area is 89.0 Å². The lowest BCUT2D eigenvalue weighted by Crippen LogP contribution is -2.42. The Hall–Kier alpha value is -0.300. The van der Waals surface area contributed by atoms with Crippen molar-refractivity contribution in [2.24, 2.45) is 0 Å². The fourth-order valence-electron chi connectivity index (χ4n) is 2.58. The Morgan fingerprint density at radius 3 is 2.71 bits per heavy atom. The van der Waals surface area contributed by atoms with Gasteiger partial charge in [0.05, 0.1) is 0 Å². The maximum Gasteiger partial charge on any atom is 0.0366 e. The van der Waals surface area contributed by atoms with Gasteiger partial charge in [-0.2, -0.15) is 0 Å². The maximum atomic E-state index is 3.75. The van der Waals surface area contributed by atoms with Gasteiger partial charge in [0.1, 0.15) is 0 Å². The van der Waals surface area contributed by atoms with Gasteiger partial charge in [0.25, 0.3) is 0 Å². The lowest BCUT2D eigenvalue weighted by molar-refractivity contribution is 0.363. The first-order valence-corrected chi connectivity index (χ1v) is 6.10. The first-order valence-electron chi connectivity index (χ1n) is 6.10. The predicted octanol–water partition coefficient (Wildman–Crippen LogP) is 3.66. The van der Waals surface area contributed by atoms with Crippen molar-refractivity contribution in [2.75, 3.05) is 6.54 Å². The van der Waals surface area contributed by atoms with Crippen molar-refractivity contribution in [3.8, 4) is 0 Å². The summed E-state index contributed by atoms with van der Waals surface area (Å²) in [6.45, 7) is 7.91. The van der Waals surface area contributed by atoms with Gasteiger partial charge in [0, 0.05) is 5.54 Å². The molecule has 14 heavy (non-hydrogen) atoms. The highest BCUT2D eigenvalue weighted by Crippen LogP contribution is 2.26. The molecule has 0 amide bonds. The van der Waals surface area contributed by atoms with Crippen LogP contribution in [-0.4, -0.2) is 12.1 Å². The van der Waals surface area contributed by atoms with Crippen LogP contribution in [0.2, 0.25) is 0 Å². The third kappa shape index (κ3) is 3.45. The Morgan fingerprint density at radius 1 is 1.29 bits per heavy atom. The van der Waals surface area contributed by atoms with E-state index in [2.05, 4.69) is 32.2 Å². The second kappa shape index (κ2) is 5.55. The van der Waals surface area contributed by atoms with Crippen LogP contribution in [-0.2, 0) is 0 Å². The Bertz CT molecular complexity index is 181. The molecular formula is C13H25N. The zero-order valence-corrected chi connectivity index (χ0v) is 10.0. The molecule has 1 aliphatic heterocycles. The fraction of sp³-hybridized carbons (Fsp3) is 0.846. The van der Waals surface area contributed by atoms with Crippen molar-refractivity contribution < 1.29 is 0 Å². The van der Waals surface area contributed by atoms with Crippen LogP contribution in [0.3, 0.4) is 0 Å². The third-order valence-corrected chi connectivity index (χ3v) is 3.04. The first kappa shape index (κ1) is 11.8. The summed E-state index contributed by atoms with van der Waals surface area (Å²) in [4.78, 5) is 0. The van der Waals surface area contributed by atoms with Crippen LogP contribution in [0, 0.1) is 0 Å². The van der Waals surface area contributed by atoms with Crippen molar-refractivity contribution in [3.63, 3.8) is 0 Å². The SMILES string of the molecule is CCCC1(C=C(C)C)CCCCCN1. The number of hydrogen-bond donors (Lipinski definition) is 1. The highest BCUT2D eigenvalue weighted by atomic mass is 15.0. The van der Waals surface area contributed by atoms with E-state index in [0.717, 1.165) is 0 Å². The first-order chi connectivity index (χ1) is 6.68. The fourth-order valence-corrected chi connectivity index (χ4v) is 2.58. The summed E-state index contributed by atoms with van der Waals surface area (Å²) in [7, 11) is 0. The van der Waals surface area contributed by atoms with Crippen molar-refractivity contribution in [1.82, 2.24) is 5.32 Å². The number of nitrogens with one attached hydrogen (secondary N) is 1. The van der Waals surface area contributed by atoms with Crippen LogP contribution >= 0.6 is 0 Å². The van der Waals surface area contributed by atoms with E-state index >= 15 is 0 Å². The van der Waals surface area contributed by atoms with Crippen LogP contribution in [0.1, 0.15) is 59.3 Å². The van der Waals surface area contributed by atoms with Crippen molar-refractivity contribution in [1.29, 1.82) is 0 Å². The summed E-state index contributed by atoms with van der Waals surface area (Å²) in [5.41, 5.74) is 1.78. The molecule has 1 heteroatoms. The normalized spacial score (nSPS) is 28.2. The Balaban J connectivity index is 2.72. The Morgan fingerprint density at radius 2 is 2.07 bits per heavy atom. The van der Waals surface area contributed by atoms with Crippen molar-refractivity contribution in [2.45, 2.75) is 64.8 Å². The maximum absolute atomic E-state index is 3.75. The quantitative estimate of drug-likeness (QED) is 0.678. The summed E-state index contributed by atoms with van der Waals surface area (Å²) in [5, 5.41) is 3.75. The molecule has 82 valence electrons. The number of allylic oxidation sites excluding steroid dienone is 1. The molecule has 0 aliphatic carbocycles. The zero-order valence-electron chi connectivity index (χ0n) is 10.0. The van der Waals surface area contributed by atoms with Gasteiger partial charge >= 0.3 is 0 Å². The molecule has 1 heterocycles. The molecule has 1 nitrogen and oxygen atoms in total. The van der Waals surface area contributed by atoms with Crippen molar-refractivity contribution in [3.05, 3.63) is 11.6 Å². The molecule has 1 rings (SSSR count). The van der Waals surface area contributed by atoms with E-state index in [1.807, 2.05) is 0 Å². The molecule has 0 aromatic rings. The highest BCUT2D eigenvalue weighted by molar-refractivity contribution is 5.11.